The molecule has 0 unspecified atom stereocenters. The van der Waals surface area contributed by atoms with Crippen molar-refractivity contribution in [1.29, 1.82) is 0 Å². The summed E-state index contributed by atoms with van der Waals surface area (Å²) in [6, 6.07) is 19.2. The van der Waals surface area contributed by atoms with E-state index in [1.54, 1.807) is 54.6 Å². The minimum absolute atomic E-state index is 0. The van der Waals surface area contributed by atoms with Crippen molar-refractivity contribution in [3.05, 3.63) is 95.1 Å². The van der Waals surface area contributed by atoms with Gasteiger partial charge >= 0.3 is 0 Å². The van der Waals surface area contributed by atoms with E-state index >= 15 is 0 Å². The number of hydrogen-bond acceptors (Lipinski definition) is 6. The first kappa shape index (κ1) is 76.5. The molecular formula is C92H149BrO6. The third kappa shape index (κ3) is 33.9. The van der Waals surface area contributed by atoms with Crippen LogP contribution >= 0.6 is 17.0 Å². The first-order valence-corrected chi connectivity index (χ1v) is 25.9. The second-order valence-corrected chi connectivity index (χ2v) is 15.4. The number of carbonyl (C=O) groups excluding carboxylic acids is 2. The lowest BCUT2D eigenvalue weighted by molar-refractivity contribution is 0.103. The molecule has 4 aromatic carbocycles. The molecule has 560 valence electrons. The predicted octanol–water partition coefficient (Wildman–Crippen LogP) is 21.8. The molecule has 0 saturated heterocycles. The number of halogens is 1. The zero-order chi connectivity index (χ0) is 70.4. The molecule has 0 spiro atoms. The lowest BCUT2D eigenvalue weighted by Crippen LogP contribution is -1.95. The van der Waals surface area contributed by atoms with Crippen molar-refractivity contribution in [3.63, 3.8) is 0 Å². The molecule has 2 aliphatic rings. The largest absolute Gasteiger partial charge is 0.508 e. The van der Waals surface area contributed by atoms with Gasteiger partial charge in [0, 0.05) is 232 Å². The highest BCUT2D eigenvalue weighted by molar-refractivity contribution is 8.93. The van der Waals surface area contributed by atoms with Crippen LogP contribution in [0.4, 0.5) is 0 Å². The van der Waals surface area contributed by atoms with E-state index in [0.29, 0.717) is 28.0 Å². The Hall–Kier alpha value is -18.6. The predicted molar refractivity (Wildman–Crippen MR) is 524 cm³/mol. The lowest BCUT2D eigenvalue weighted by atomic mass is 10.1. The van der Waals surface area contributed by atoms with E-state index < -0.39 is 0 Å². The maximum Gasteiger partial charge on any atom is 0.194 e. The maximum atomic E-state index is 12.6. The van der Waals surface area contributed by atoms with Gasteiger partial charge in [0.15, 0.2) is 11.6 Å². The van der Waals surface area contributed by atoms with Gasteiger partial charge in [0.1, 0.15) is 29.1 Å². The highest BCUT2D eigenvalue weighted by atomic mass is 79.9. The van der Waals surface area contributed by atoms with E-state index in [2.05, 4.69) is 361 Å². The smallest absolute Gasteiger partial charge is 0.194 e. The Morgan fingerprint density at radius 1 is 0.222 bits per heavy atom. The summed E-state index contributed by atoms with van der Waals surface area (Å²) in [5, 5.41) is 28.3. The third-order valence-electron chi connectivity index (χ3n) is 9.39. The number of ketones is 2. The third-order valence-corrected chi connectivity index (χ3v) is 9.39. The van der Waals surface area contributed by atoms with E-state index in [-0.39, 0.29) is 137 Å². The van der Waals surface area contributed by atoms with Crippen molar-refractivity contribution in [3.8, 4) is 439 Å². The van der Waals surface area contributed by atoms with Gasteiger partial charge in [0.2, 0.25) is 0 Å². The number of terminal acetylenes is 5. The molecule has 3 N–H and O–H groups in total. The van der Waals surface area contributed by atoms with Gasteiger partial charge in [-0.1, -0.05) is 0 Å². The van der Waals surface area contributed by atoms with Crippen LogP contribution in [0.3, 0.4) is 0 Å². The van der Waals surface area contributed by atoms with Gasteiger partial charge in [-0.15, -0.1) is 49.1 Å². The molecule has 0 bridgehead atoms. The molecule has 2 aliphatic carbocycles. The van der Waals surface area contributed by atoms with E-state index in [4.69, 9.17) is 36.9 Å². The number of ether oxygens (including phenoxy) is 1. The molecular weight excluding hydrogens is 1280 g/mol. The van der Waals surface area contributed by atoms with Crippen molar-refractivity contribution in [1.82, 2.24) is 0 Å². The van der Waals surface area contributed by atoms with Crippen LogP contribution in [0.1, 0.15) is 123 Å². The number of hydrogen-bond donors (Lipinski definition) is 3. The number of carbonyl (C=O) groups is 2. The van der Waals surface area contributed by atoms with Crippen LogP contribution in [0, 0.1) is 393 Å². The van der Waals surface area contributed by atoms with Crippen LogP contribution in [-0.4, -0.2) is 26.9 Å². The van der Waals surface area contributed by atoms with Crippen LogP contribution in [-0.2, 0) is 0 Å². The normalized spacial score (nSPS) is 6.58. The number of fused-ring (bicyclic) bond motifs is 6. The van der Waals surface area contributed by atoms with Crippen molar-refractivity contribution >= 4 is 28.5 Å². The maximum absolute atomic E-state index is 12.6. The lowest BCUT2D eigenvalue weighted by Gasteiger charge is -2.01. The fourth-order valence-corrected chi connectivity index (χ4v) is 5.99. The Labute approximate surface area is 683 Å². The summed E-state index contributed by atoms with van der Waals surface area (Å²) in [6.07, 6.45) is 27.0. The Bertz CT molecular complexity index is 6050. The summed E-state index contributed by atoms with van der Waals surface area (Å²) in [6.45, 7) is 0. The highest BCUT2D eigenvalue weighted by Gasteiger charge is 2.28. The number of aromatic hydroxyl groups is 3. The van der Waals surface area contributed by atoms with Crippen molar-refractivity contribution in [2.24, 2.45) is 0 Å². The van der Waals surface area contributed by atoms with E-state index in [1.165, 1.54) is 18.2 Å². The van der Waals surface area contributed by atoms with Crippen LogP contribution in [0.15, 0.2) is 72.8 Å². The second kappa shape index (κ2) is 51.4. The molecule has 7 heteroatoms. The standard InChI is InChI=1S/C35H8O3.2C22H2.C13H8O3.BrH.64H2/c1-2-3-4-5-6-7-8-9-10-11-12-13-14-15-16-17-18-19-20-21-26-38-30-23-25-32-31-24-22-29(36)27-33(31)35(37)34(32)28-30;2*1-3-5-7-9-11-13-15-17-19-21-22-20-18-16-14-12-10-8-6-4-2;14-7-1-3-9-10-4-2-8(15)6-12(10)13(16)11(9)5-7;;;;;;;;;;;;;;;;;;;;;;;;;;;;;;;;;;;;;;;;;;;;;;;;;;;;;;;;;;;;;;;;;/h1,22-25,27-28,36H;2*1-2H;1-6,14-15H;65*1H. The molecule has 4 aromatic rings. The van der Waals surface area contributed by atoms with Gasteiger partial charge in [0.25, 0.3) is 0 Å². The first-order valence-electron chi connectivity index (χ1n) is 25.9. The molecule has 0 fully saturated rings. The summed E-state index contributed by atoms with van der Waals surface area (Å²) in [7, 11) is 0. The van der Waals surface area contributed by atoms with E-state index in [9.17, 15) is 24.9 Å². The highest BCUT2D eigenvalue weighted by Crippen LogP contribution is 2.40. The van der Waals surface area contributed by atoms with E-state index in [0.717, 1.165) is 22.3 Å². The van der Waals surface area contributed by atoms with Gasteiger partial charge in [-0.2, -0.15) is 0 Å². The average molecular weight is 1430 g/mol. The fraction of sp³-hybridized carbons (Fsp3) is 0. The number of rotatable bonds is 1. The molecule has 0 amide bonds. The van der Waals surface area contributed by atoms with Crippen LogP contribution in [0.25, 0.3) is 22.3 Å². The summed E-state index contributed by atoms with van der Waals surface area (Å²) < 4.78 is 5.33. The molecule has 0 aromatic heterocycles. The molecule has 6 rings (SSSR count). The van der Waals surface area contributed by atoms with Crippen molar-refractivity contribution in [2.45, 2.75) is 0 Å². The number of phenols is 3. The zero-order valence-electron chi connectivity index (χ0n) is 50.3. The topological polar surface area (TPSA) is 104 Å². The van der Waals surface area contributed by atoms with Crippen LogP contribution in [0.2, 0.25) is 0 Å². The van der Waals surface area contributed by atoms with Crippen molar-refractivity contribution < 1.29 is 121 Å². The summed E-state index contributed by atoms with van der Waals surface area (Å²) in [5.41, 5.74) is 5.08. The molecule has 99 heavy (non-hydrogen) atoms. The van der Waals surface area contributed by atoms with E-state index in [1.807, 2.05) is 0 Å². The Morgan fingerprint density at radius 2 is 0.384 bits per heavy atom. The van der Waals surface area contributed by atoms with Crippen LogP contribution < -0.4 is 4.74 Å². The van der Waals surface area contributed by atoms with Gasteiger partial charge in [-0.05, 0) is 332 Å². The Morgan fingerprint density at radius 3 is 0.576 bits per heavy atom. The summed E-state index contributed by atoms with van der Waals surface area (Å²) >= 11 is 0. The number of phenolic OH excluding ortho intramolecular Hbond substituents is 3. The van der Waals surface area contributed by atoms with Gasteiger partial charge < -0.3 is 20.1 Å². The molecule has 0 heterocycles. The second-order valence-electron chi connectivity index (χ2n) is 15.4. The molecule has 0 atom stereocenters. The minimum Gasteiger partial charge on any atom is -0.508 e. The fourth-order valence-electron chi connectivity index (χ4n) is 5.99. The molecule has 0 aliphatic heterocycles. The summed E-state index contributed by atoms with van der Waals surface area (Å²) in [4.78, 5) is 24.5. The number of benzene rings is 4. The minimum atomic E-state index is -0.179. The Kier molecular flexibility index (Phi) is 39.7. The summed E-state index contributed by atoms with van der Waals surface area (Å²) in [5.74, 6) is 146. The average Bonchev–Trinajstić information content (AvgIpc) is 1.62. The monoisotopic (exact) mass is 1430 g/mol. The van der Waals surface area contributed by atoms with Gasteiger partial charge in [0.05, 0.1) is 0 Å². The SMILES string of the molecule is Br.C#CC#CC#CC#CC#CC#CC#CC#CC#CC#CC#C.C#CC#CC#CC#CC#CC#CC#CC#CC#CC#CC#C.C#CC#CC#CC#CC#CC#CC#CC#CC#CC#CC#COc1ccc2c(c1)C(=O)c1cc(O)ccc1-2.O=C1c2cc(O)ccc2-c2ccc(O)cc21.[HH].[HH].[HH].[HH].[HH].[HH].[HH].[HH].[HH].[HH].[HH].[HH].[HH].[HH].[HH].[HH].[HH].[HH].[HH].[HH].[HH].[HH].[HH].[HH].[HH].[HH].[HH].[HH].[HH].[HH].[HH].[HH].[HH].[HH].[HH].[HH].[HH].[HH].[HH].[HH].[HH].[HH].[HH].[HH].[HH].[HH].[HH].[HH].[HH].[HH].[HH].[HH].[HH].[HH].[HH].[HH].[HH].[HH].[HH].[HH].[HH].[HH].[HH].[HH]. The zero-order valence-corrected chi connectivity index (χ0v) is 52.0. The van der Waals surface area contributed by atoms with Crippen molar-refractivity contribution in [2.75, 3.05) is 0 Å². The molecule has 0 radical (unpaired) electrons. The van der Waals surface area contributed by atoms with Crippen LogP contribution in [0.5, 0.6) is 23.0 Å². The Balaban J connectivity index is -0.0000000121. The first-order chi connectivity index (χ1) is 48.2. The molecule has 0 saturated carbocycles. The quantitative estimate of drug-likeness (QED) is 0.142. The molecule has 6 nitrogen and oxygen atoms in total. The van der Waals surface area contributed by atoms with Gasteiger partial charge in [-0.25, -0.2) is 0 Å². The van der Waals surface area contributed by atoms with Gasteiger partial charge in [-0.3, -0.25) is 9.59 Å².